The molecule has 0 N–H and O–H groups in total. The van der Waals surface area contributed by atoms with Crippen LogP contribution in [0.3, 0.4) is 0 Å². The van der Waals surface area contributed by atoms with Crippen LogP contribution >= 0.6 is 0 Å². The standard InChI is InChI=1S/C39H30N2/c1-40(36-22-21-30-13-5-6-15-32(30)27-36)34-23-25-35(26-24-34)41(39-20-10-16-31-14-7-8-19-38(31)39)37-18-9-17-33(28-37)29-11-3-2-4-12-29/h2-28H,1H3. The molecule has 196 valence electrons. The van der Waals surface area contributed by atoms with Crippen LogP contribution in [0, 0.1) is 0 Å². The fourth-order valence-corrected chi connectivity index (χ4v) is 5.65. The van der Waals surface area contributed by atoms with Crippen LogP contribution in [-0.4, -0.2) is 7.05 Å². The van der Waals surface area contributed by atoms with E-state index in [1.54, 1.807) is 0 Å². The molecule has 0 radical (unpaired) electrons. The lowest BCUT2D eigenvalue weighted by molar-refractivity contribution is 1.21. The van der Waals surface area contributed by atoms with Gasteiger partial charge in [-0.05, 0) is 81.9 Å². The zero-order valence-corrected chi connectivity index (χ0v) is 23.0. The van der Waals surface area contributed by atoms with Crippen LogP contribution in [-0.2, 0) is 0 Å². The van der Waals surface area contributed by atoms with E-state index < -0.39 is 0 Å². The number of benzene rings is 7. The van der Waals surface area contributed by atoms with Crippen molar-refractivity contribution in [3.63, 3.8) is 0 Å². The van der Waals surface area contributed by atoms with Crippen LogP contribution < -0.4 is 9.80 Å². The second-order valence-electron chi connectivity index (χ2n) is 10.4. The van der Waals surface area contributed by atoms with Gasteiger partial charge in [0.1, 0.15) is 0 Å². The second kappa shape index (κ2) is 10.7. The Morgan fingerprint density at radius 2 is 0.976 bits per heavy atom. The Hall–Kier alpha value is -5.34. The highest BCUT2D eigenvalue weighted by Crippen LogP contribution is 2.41. The van der Waals surface area contributed by atoms with Gasteiger partial charge in [-0.3, -0.25) is 0 Å². The van der Waals surface area contributed by atoms with E-state index in [9.17, 15) is 0 Å². The van der Waals surface area contributed by atoms with Gasteiger partial charge in [0.2, 0.25) is 0 Å². The highest BCUT2D eigenvalue weighted by Gasteiger charge is 2.16. The predicted octanol–water partition coefficient (Wildman–Crippen LogP) is 10.9. The lowest BCUT2D eigenvalue weighted by atomic mass is 10.0. The monoisotopic (exact) mass is 526 g/mol. The molecule has 0 amide bonds. The number of hydrogen-bond acceptors (Lipinski definition) is 2. The van der Waals surface area contributed by atoms with E-state index in [0.29, 0.717) is 0 Å². The van der Waals surface area contributed by atoms with Gasteiger partial charge in [-0.1, -0.05) is 109 Å². The molecule has 2 nitrogen and oxygen atoms in total. The first-order chi connectivity index (χ1) is 20.2. The first kappa shape index (κ1) is 24.7. The van der Waals surface area contributed by atoms with Crippen molar-refractivity contribution in [2.24, 2.45) is 0 Å². The Morgan fingerprint density at radius 1 is 0.366 bits per heavy atom. The SMILES string of the molecule is CN(c1ccc(N(c2cccc(-c3ccccc3)c2)c2cccc3ccccc23)cc1)c1ccc2ccccc2c1. The number of rotatable bonds is 6. The Bertz CT molecular complexity index is 1950. The Kier molecular flexibility index (Phi) is 6.42. The van der Waals surface area contributed by atoms with Gasteiger partial charge in [-0.15, -0.1) is 0 Å². The van der Waals surface area contributed by atoms with Crippen LogP contribution in [0.4, 0.5) is 28.4 Å². The maximum absolute atomic E-state index is 2.37. The number of anilines is 5. The van der Waals surface area contributed by atoms with Crippen molar-refractivity contribution in [1.29, 1.82) is 0 Å². The van der Waals surface area contributed by atoms with Crippen LogP contribution in [0.2, 0.25) is 0 Å². The molecule has 7 rings (SSSR count). The van der Waals surface area contributed by atoms with Crippen molar-refractivity contribution in [1.82, 2.24) is 0 Å². The predicted molar refractivity (Wildman–Crippen MR) is 176 cm³/mol. The quantitative estimate of drug-likeness (QED) is 0.213. The number of nitrogens with zero attached hydrogens (tertiary/aromatic N) is 2. The lowest BCUT2D eigenvalue weighted by Crippen LogP contribution is -2.12. The molecule has 0 bridgehead atoms. The summed E-state index contributed by atoms with van der Waals surface area (Å²) in [6.45, 7) is 0. The Morgan fingerprint density at radius 3 is 1.80 bits per heavy atom. The normalized spacial score (nSPS) is 11.0. The van der Waals surface area contributed by atoms with Gasteiger partial charge >= 0.3 is 0 Å². The van der Waals surface area contributed by atoms with E-state index in [1.807, 2.05) is 0 Å². The summed E-state index contributed by atoms with van der Waals surface area (Å²) in [4.78, 5) is 4.61. The van der Waals surface area contributed by atoms with E-state index >= 15 is 0 Å². The minimum absolute atomic E-state index is 1.11. The summed E-state index contributed by atoms with van der Waals surface area (Å²) in [6.07, 6.45) is 0. The van der Waals surface area contributed by atoms with Crippen molar-refractivity contribution in [3.05, 3.63) is 164 Å². The van der Waals surface area contributed by atoms with E-state index in [1.165, 1.54) is 32.7 Å². The molecule has 2 heteroatoms. The summed E-state index contributed by atoms with van der Waals surface area (Å²) >= 11 is 0. The summed E-state index contributed by atoms with van der Waals surface area (Å²) in [5.74, 6) is 0. The first-order valence-corrected chi connectivity index (χ1v) is 14.0. The summed E-state index contributed by atoms with van der Waals surface area (Å²) < 4.78 is 0. The number of hydrogen-bond donors (Lipinski definition) is 0. The fourth-order valence-electron chi connectivity index (χ4n) is 5.65. The van der Waals surface area contributed by atoms with Crippen LogP contribution in [0.15, 0.2) is 164 Å². The van der Waals surface area contributed by atoms with Crippen LogP contribution in [0.5, 0.6) is 0 Å². The molecule has 0 fully saturated rings. The molecule has 7 aromatic rings. The Balaban J connectivity index is 1.32. The highest BCUT2D eigenvalue weighted by atomic mass is 15.1. The molecule has 0 saturated heterocycles. The molecular formula is C39H30N2. The van der Waals surface area contributed by atoms with Crippen LogP contribution in [0.1, 0.15) is 0 Å². The van der Waals surface area contributed by atoms with Gasteiger partial charge < -0.3 is 9.80 Å². The average Bonchev–Trinajstić information content (AvgIpc) is 3.05. The Labute approximate surface area is 241 Å². The highest BCUT2D eigenvalue weighted by molar-refractivity contribution is 5.99. The fraction of sp³-hybridized carbons (Fsp3) is 0.0256. The van der Waals surface area contributed by atoms with E-state index in [2.05, 4.69) is 181 Å². The number of fused-ring (bicyclic) bond motifs is 2. The maximum atomic E-state index is 2.37. The molecule has 7 aromatic carbocycles. The summed E-state index contributed by atoms with van der Waals surface area (Å²) in [7, 11) is 2.13. The van der Waals surface area contributed by atoms with Crippen molar-refractivity contribution < 1.29 is 0 Å². The van der Waals surface area contributed by atoms with E-state index in [4.69, 9.17) is 0 Å². The van der Waals surface area contributed by atoms with Crippen molar-refractivity contribution >= 4 is 50.0 Å². The first-order valence-electron chi connectivity index (χ1n) is 14.0. The topological polar surface area (TPSA) is 6.48 Å². The summed E-state index contributed by atoms with van der Waals surface area (Å²) in [5, 5.41) is 4.94. The molecule has 0 unspecified atom stereocenters. The van der Waals surface area contributed by atoms with Gasteiger partial charge in [0.05, 0.1) is 5.69 Å². The molecule has 41 heavy (non-hydrogen) atoms. The molecule has 0 atom stereocenters. The summed E-state index contributed by atoms with van der Waals surface area (Å²) in [5.41, 5.74) is 8.10. The molecule has 0 heterocycles. The maximum Gasteiger partial charge on any atom is 0.0540 e. The molecule has 0 aliphatic heterocycles. The molecule has 0 saturated carbocycles. The lowest BCUT2D eigenvalue weighted by Gasteiger charge is -2.28. The zero-order chi connectivity index (χ0) is 27.6. The molecule has 0 spiro atoms. The molecule has 0 aliphatic carbocycles. The molecule has 0 aromatic heterocycles. The smallest absolute Gasteiger partial charge is 0.0540 e. The summed E-state index contributed by atoms with van der Waals surface area (Å²) in [6, 6.07) is 58.5. The van der Waals surface area contributed by atoms with Gasteiger partial charge in [0.15, 0.2) is 0 Å². The minimum Gasteiger partial charge on any atom is -0.345 e. The van der Waals surface area contributed by atoms with Gasteiger partial charge in [0, 0.05) is 35.2 Å². The van der Waals surface area contributed by atoms with E-state index in [-0.39, 0.29) is 0 Å². The van der Waals surface area contributed by atoms with Gasteiger partial charge in [-0.2, -0.15) is 0 Å². The minimum atomic E-state index is 1.11. The second-order valence-corrected chi connectivity index (χ2v) is 10.4. The molecule has 0 aliphatic rings. The van der Waals surface area contributed by atoms with Crippen molar-refractivity contribution in [3.8, 4) is 11.1 Å². The largest absolute Gasteiger partial charge is 0.345 e. The zero-order valence-electron chi connectivity index (χ0n) is 23.0. The third-order valence-corrected chi connectivity index (χ3v) is 7.83. The third kappa shape index (κ3) is 4.81. The van der Waals surface area contributed by atoms with Crippen molar-refractivity contribution in [2.45, 2.75) is 0 Å². The van der Waals surface area contributed by atoms with E-state index in [0.717, 1.165) is 28.4 Å². The third-order valence-electron chi connectivity index (χ3n) is 7.83. The van der Waals surface area contributed by atoms with Crippen molar-refractivity contribution in [2.75, 3.05) is 16.8 Å². The average molecular weight is 527 g/mol. The van der Waals surface area contributed by atoms with Crippen LogP contribution in [0.25, 0.3) is 32.7 Å². The van der Waals surface area contributed by atoms with Gasteiger partial charge in [-0.25, -0.2) is 0 Å². The van der Waals surface area contributed by atoms with Gasteiger partial charge in [0.25, 0.3) is 0 Å². The molecular weight excluding hydrogens is 496 g/mol.